The molecule has 0 aliphatic heterocycles. The van der Waals surface area contributed by atoms with Gasteiger partial charge in [-0.2, -0.15) is 0 Å². The number of nitrogens with one attached hydrogen (secondary N) is 2. The van der Waals surface area contributed by atoms with Crippen molar-refractivity contribution in [3.63, 3.8) is 0 Å². The van der Waals surface area contributed by atoms with Crippen LogP contribution in [-0.4, -0.2) is 55.3 Å². The fraction of sp³-hybridized carbons (Fsp3) is 0.375. The minimum absolute atomic E-state index is 0.0467. The molecular weight excluding hydrogens is 378 g/mol. The van der Waals surface area contributed by atoms with Gasteiger partial charge in [0.25, 0.3) is 0 Å². The Morgan fingerprint density at radius 2 is 2.04 bits per heavy atom. The predicted molar refractivity (Wildman–Crippen MR) is 94.4 cm³/mol. The standard InChI is InChI=1S/C16H21N3O7S/c1-2-3-11-26-14-6-8-15(9-7-14)27(24,25)17-13(12-20)5-4-10-19(18-23)16(21)22/h6-9,12-13,17-18,23H,4-5,10-11H2,1H3,(H,21,22)/t13-/m1/s1. The highest BCUT2D eigenvalue weighted by molar-refractivity contribution is 7.89. The van der Waals surface area contributed by atoms with Crippen molar-refractivity contribution >= 4 is 22.4 Å². The third-order valence-corrected chi connectivity index (χ3v) is 4.85. The molecule has 1 aromatic carbocycles. The Morgan fingerprint density at radius 3 is 2.56 bits per heavy atom. The van der Waals surface area contributed by atoms with Crippen LogP contribution in [0, 0.1) is 11.8 Å². The van der Waals surface area contributed by atoms with Gasteiger partial charge in [-0.15, -0.1) is 11.5 Å². The summed E-state index contributed by atoms with van der Waals surface area (Å²) >= 11 is 0. The van der Waals surface area contributed by atoms with Crippen LogP contribution in [0.15, 0.2) is 29.2 Å². The lowest BCUT2D eigenvalue weighted by atomic mass is 10.2. The normalized spacial score (nSPS) is 11.8. The molecule has 0 aliphatic carbocycles. The van der Waals surface area contributed by atoms with E-state index in [4.69, 9.17) is 15.1 Å². The van der Waals surface area contributed by atoms with E-state index in [1.165, 1.54) is 29.9 Å². The van der Waals surface area contributed by atoms with Crippen molar-refractivity contribution in [3.05, 3.63) is 24.3 Å². The van der Waals surface area contributed by atoms with Gasteiger partial charge in [-0.3, -0.25) is 5.21 Å². The molecule has 11 heteroatoms. The van der Waals surface area contributed by atoms with E-state index in [1.807, 2.05) is 0 Å². The lowest BCUT2D eigenvalue weighted by Gasteiger charge is -2.17. The van der Waals surface area contributed by atoms with Crippen molar-refractivity contribution in [1.29, 1.82) is 0 Å². The molecule has 0 aromatic heterocycles. The molecule has 4 N–H and O–H groups in total. The zero-order valence-electron chi connectivity index (χ0n) is 14.6. The molecule has 0 bridgehead atoms. The molecule has 0 unspecified atom stereocenters. The monoisotopic (exact) mass is 399 g/mol. The maximum absolute atomic E-state index is 12.3. The predicted octanol–water partition coefficient (Wildman–Crippen LogP) is 0.589. The van der Waals surface area contributed by atoms with Crippen LogP contribution in [0.3, 0.4) is 0 Å². The molecular formula is C16H21N3O7S. The zero-order valence-corrected chi connectivity index (χ0v) is 15.4. The number of hydrazine groups is 1. The minimum atomic E-state index is -3.95. The van der Waals surface area contributed by atoms with Gasteiger partial charge in [-0.05, 0) is 44.0 Å². The molecule has 27 heavy (non-hydrogen) atoms. The van der Waals surface area contributed by atoms with Gasteiger partial charge in [-0.25, -0.2) is 22.9 Å². The maximum Gasteiger partial charge on any atom is 0.423 e. The number of amides is 1. The number of rotatable bonds is 11. The number of aldehydes is 1. The Balaban J connectivity index is 2.66. The van der Waals surface area contributed by atoms with Gasteiger partial charge in [0.1, 0.15) is 18.6 Å². The van der Waals surface area contributed by atoms with Crippen LogP contribution in [0.25, 0.3) is 0 Å². The summed E-state index contributed by atoms with van der Waals surface area (Å²) in [5, 5.41) is 17.9. The Kier molecular flexibility index (Phi) is 9.24. The van der Waals surface area contributed by atoms with Gasteiger partial charge in [0.05, 0.1) is 10.9 Å². The quantitative estimate of drug-likeness (QED) is 0.240. The first-order chi connectivity index (χ1) is 12.8. The van der Waals surface area contributed by atoms with E-state index in [0.29, 0.717) is 17.0 Å². The number of carboxylic acid groups (broad SMARTS) is 1. The number of sulfonamides is 1. The van der Waals surface area contributed by atoms with E-state index in [9.17, 15) is 18.0 Å². The van der Waals surface area contributed by atoms with Gasteiger partial charge in [0, 0.05) is 6.54 Å². The fourth-order valence-electron chi connectivity index (χ4n) is 1.99. The number of ether oxygens (including phenoxy) is 1. The van der Waals surface area contributed by atoms with Gasteiger partial charge in [0.2, 0.25) is 10.0 Å². The van der Waals surface area contributed by atoms with E-state index in [0.717, 1.165) is 0 Å². The highest BCUT2D eigenvalue weighted by Gasteiger charge is 2.20. The van der Waals surface area contributed by atoms with Crippen molar-refractivity contribution in [3.8, 4) is 17.6 Å². The summed E-state index contributed by atoms with van der Waals surface area (Å²) in [5.74, 6) is 5.83. The summed E-state index contributed by atoms with van der Waals surface area (Å²) in [6.07, 6.45) is -0.800. The molecule has 1 aromatic rings. The van der Waals surface area contributed by atoms with Crippen molar-refractivity contribution in [2.24, 2.45) is 0 Å². The summed E-state index contributed by atoms with van der Waals surface area (Å²) in [7, 11) is -3.95. The molecule has 0 radical (unpaired) electrons. The topological polar surface area (TPSA) is 145 Å². The van der Waals surface area contributed by atoms with Crippen molar-refractivity contribution < 1.29 is 33.1 Å². The van der Waals surface area contributed by atoms with Crippen LogP contribution in [0.2, 0.25) is 0 Å². The zero-order chi connectivity index (χ0) is 20.3. The van der Waals surface area contributed by atoms with Gasteiger partial charge in [0.15, 0.2) is 0 Å². The van der Waals surface area contributed by atoms with E-state index in [2.05, 4.69) is 16.6 Å². The Morgan fingerprint density at radius 1 is 1.37 bits per heavy atom. The van der Waals surface area contributed by atoms with Gasteiger partial charge >= 0.3 is 6.09 Å². The number of hydrogen-bond acceptors (Lipinski definition) is 7. The first-order valence-corrected chi connectivity index (χ1v) is 9.32. The Hall–Kier alpha value is -2.65. The summed E-state index contributed by atoms with van der Waals surface area (Å²) in [4.78, 5) is 21.8. The van der Waals surface area contributed by atoms with Gasteiger partial charge in [-0.1, -0.05) is 5.92 Å². The molecule has 0 heterocycles. The van der Waals surface area contributed by atoms with Crippen LogP contribution in [0.5, 0.6) is 5.75 Å². The molecule has 148 valence electrons. The van der Waals surface area contributed by atoms with Crippen LogP contribution in [0.1, 0.15) is 19.8 Å². The molecule has 0 saturated heterocycles. The summed E-state index contributed by atoms with van der Waals surface area (Å²) in [5.41, 5.74) is 1.48. The molecule has 1 atom stereocenters. The molecule has 0 fully saturated rings. The summed E-state index contributed by atoms with van der Waals surface area (Å²) < 4.78 is 32.2. The summed E-state index contributed by atoms with van der Waals surface area (Å²) in [6, 6.07) is 4.57. The van der Waals surface area contributed by atoms with E-state index in [-0.39, 0.29) is 30.9 Å². The average Bonchev–Trinajstić information content (AvgIpc) is 2.64. The van der Waals surface area contributed by atoms with E-state index in [1.54, 1.807) is 6.92 Å². The lowest BCUT2D eigenvalue weighted by Crippen LogP contribution is -2.41. The highest BCUT2D eigenvalue weighted by atomic mass is 32.2. The lowest BCUT2D eigenvalue weighted by molar-refractivity contribution is -0.109. The van der Waals surface area contributed by atoms with Crippen molar-refractivity contribution in [1.82, 2.24) is 15.3 Å². The van der Waals surface area contributed by atoms with Crippen LogP contribution in [-0.2, 0) is 14.8 Å². The van der Waals surface area contributed by atoms with Crippen LogP contribution >= 0.6 is 0 Å². The molecule has 1 rings (SSSR count). The molecule has 0 saturated carbocycles. The van der Waals surface area contributed by atoms with E-state index >= 15 is 0 Å². The maximum atomic E-state index is 12.3. The first kappa shape index (κ1) is 22.4. The van der Waals surface area contributed by atoms with Crippen molar-refractivity contribution in [2.45, 2.75) is 30.7 Å². The second-order valence-electron chi connectivity index (χ2n) is 5.23. The number of carbonyl (C=O) groups excluding carboxylic acids is 1. The largest absolute Gasteiger partial charge is 0.481 e. The fourth-order valence-corrected chi connectivity index (χ4v) is 3.19. The molecule has 1 amide bonds. The third kappa shape index (κ3) is 7.63. The molecule has 0 spiro atoms. The Labute approximate surface area is 157 Å². The van der Waals surface area contributed by atoms with Crippen molar-refractivity contribution in [2.75, 3.05) is 13.2 Å². The van der Waals surface area contributed by atoms with Crippen LogP contribution in [0.4, 0.5) is 4.79 Å². The number of nitrogens with zero attached hydrogens (tertiary/aromatic N) is 1. The molecule has 0 aliphatic rings. The summed E-state index contributed by atoms with van der Waals surface area (Å²) in [6.45, 7) is 1.72. The van der Waals surface area contributed by atoms with E-state index < -0.39 is 22.2 Å². The second kappa shape index (κ2) is 11.1. The average molecular weight is 399 g/mol. The van der Waals surface area contributed by atoms with Gasteiger partial charge < -0.3 is 14.6 Å². The first-order valence-electron chi connectivity index (χ1n) is 7.84. The highest BCUT2D eigenvalue weighted by Crippen LogP contribution is 2.16. The minimum Gasteiger partial charge on any atom is -0.481 e. The number of carbonyl (C=O) groups is 2. The van der Waals surface area contributed by atoms with Crippen LogP contribution < -0.4 is 15.0 Å². The Bertz CT molecular complexity index is 784. The second-order valence-corrected chi connectivity index (χ2v) is 6.94. The molecule has 10 nitrogen and oxygen atoms in total. The number of benzene rings is 1. The SMILES string of the molecule is CC#CCOc1ccc(S(=O)(=O)N[C@@H](C=O)CCCN(NO)C(=O)O)cc1. The third-order valence-electron chi connectivity index (χ3n) is 3.34. The smallest absolute Gasteiger partial charge is 0.423 e. The number of hydrogen-bond donors (Lipinski definition) is 4.